The summed E-state index contributed by atoms with van der Waals surface area (Å²) in [6.45, 7) is 8.23. The van der Waals surface area contributed by atoms with Crippen LogP contribution in [0.25, 0.3) is 0 Å². The Labute approximate surface area is 100 Å². The second kappa shape index (κ2) is 7.29. The molecule has 0 amide bonds. The Morgan fingerprint density at radius 1 is 1.19 bits per heavy atom. The molecule has 0 radical (unpaired) electrons. The Morgan fingerprint density at radius 2 is 1.81 bits per heavy atom. The summed E-state index contributed by atoms with van der Waals surface area (Å²) in [6, 6.07) is 0. The number of aliphatic hydroxyl groups excluding tert-OH is 1. The van der Waals surface area contributed by atoms with Gasteiger partial charge in [0.15, 0.2) is 0 Å². The highest BCUT2D eigenvalue weighted by atomic mass is 16.5. The highest BCUT2D eigenvalue weighted by Gasteiger charge is 2.28. The van der Waals surface area contributed by atoms with Crippen LogP contribution in [0.5, 0.6) is 0 Å². The number of aliphatic hydroxyl groups is 1. The van der Waals surface area contributed by atoms with Gasteiger partial charge in [-0.25, -0.2) is 0 Å². The van der Waals surface area contributed by atoms with E-state index in [2.05, 4.69) is 13.8 Å². The number of hydrogen-bond acceptors (Lipinski definition) is 2. The first-order valence-electron chi connectivity index (χ1n) is 6.89. The lowest BCUT2D eigenvalue weighted by molar-refractivity contribution is 0.0401. The molecule has 0 saturated heterocycles. The molecule has 96 valence electrons. The molecule has 3 unspecified atom stereocenters. The molecule has 0 aromatic carbocycles. The van der Waals surface area contributed by atoms with E-state index < -0.39 is 0 Å². The third kappa shape index (κ3) is 4.84. The van der Waals surface area contributed by atoms with E-state index in [1.54, 1.807) is 0 Å². The van der Waals surface area contributed by atoms with E-state index in [0.29, 0.717) is 5.92 Å². The van der Waals surface area contributed by atoms with Gasteiger partial charge in [-0.05, 0) is 56.8 Å². The van der Waals surface area contributed by atoms with E-state index in [9.17, 15) is 5.11 Å². The molecule has 16 heavy (non-hydrogen) atoms. The quantitative estimate of drug-likeness (QED) is 0.707. The summed E-state index contributed by atoms with van der Waals surface area (Å²) in [5, 5.41) is 10.2. The molecule has 1 rings (SSSR count). The van der Waals surface area contributed by atoms with Crippen LogP contribution in [0.15, 0.2) is 0 Å². The van der Waals surface area contributed by atoms with Crippen molar-refractivity contribution in [3.05, 3.63) is 0 Å². The van der Waals surface area contributed by atoms with Crippen molar-refractivity contribution in [2.45, 2.75) is 59.0 Å². The highest BCUT2D eigenvalue weighted by molar-refractivity contribution is 4.79. The molecule has 3 atom stereocenters. The summed E-state index contributed by atoms with van der Waals surface area (Å²) in [7, 11) is 0. The van der Waals surface area contributed by atoms with Crippen molar-refractivity contribution in [3.63, 3.8) is 0 Å². The van der Waals surface area contributed by atoms with Gasteiger partial charge in [-0.15, -0.1) is 0 Å². The van der Waals surface area contributed by atoms with Crippen LogP contribution in [-0.2, 0) is 4.74 Å². The molecule has 2 heteroatoms. The van der Waals surface area contributed by atoms with Gasteiger partial charge in [-0.3, -0.25) is 0 Å². The van der Waals surface area contributed by atoms with Crippen LogP contribution >= 0.6 is 0 Å². The van der Waals surface area contributed by atoms with Crippen molar-refractivity contribution in [1.29, 1.82) is 0 Å². The van der Waals surface area contributed by atoms with Gasteiger partial charge in [0.1, 0.15) is 0 Å². The highest BCUT2D eigenvalue weighted by Crippen LogP contribution is 2.35. The van der Waals surface area contributed by atoms with Crippen molar-refractivity contribution in [3.8, 4) is 0 Å². The van der Waals surface area contributed by atoms with Gasteiger partial charge in [0.05, 0.1) is 6.10 Å². The summed E-state index contributed by atoms with van der Waals surface area (Å²) < 4.78 is 5.30. The first kappa shape index (κ1) is 14.0. The molecule has 0 bridgehead atoms. The smallest absolute Gasteiger partial charge is 0.0569 e. The van der Waals surface area contributed by atoms with E-state index in [-0.39, 0.29) is 6.10 Å². The van der Waals surface area contributed by atoms with Crippen LogP contribution < -0.4 is 0 Å². The van der Waals surface area contributed by atoms with E-state index in [4.69, 9.17) is 4.74 Å². The largest absolute Gasteiger partial charge is 0.393 e. The molecule has 0 aromatic heterocycles. The second-order valence-electron chi connectivity index (χ2n) is 5.58. The lowest BCUT2D eigenvalue weighted by atomic mass is 9.74. The van der Waals surface area contributed by atoms with Crippen molar-refractivity contribution in [2.24, 2.45) is 17.8 Å². The second-order valence-corrected chi connectivity index (χ2v) is 5.58. The van der Waals surface area contributed by atoms with Crippen LogP contribution in [0.3, 0.4) is 0 Å². The van der Waals surface area contributed by atoms with Crippen LogP contribution in [0, 0.1) is 17.8 Å². The third-order valence-corrected chi connectivity index (χ3v) is 3.75. The zero-order valence-corrected chi connectivity index (χ0v) is 11.1. The van der Waals surface area contributed by atoms with Gasteiger partial charge in [0, 0.05) is 13.2 Å². The summed E-state index contributed by atoms with van der Waals surface area (Å²) in [5.41, 5.74) is 0. The minimum Gasteiger partial charge on any atom is -0.393 e. The maximum atomic E-state index is 10.2. The van der Waals surface area contributed by atoms with Crippen molar-refractivity contribution < 1.29 is 9.84 Å². The van der Waals surface area contributed by atoms with Crippen LogP contribution in [0.2, 0.25) is 0 Å². The SMILES string of the molecule is CCOCCCC(O)C1CC(C)CC(C)C1. The molecule has 0 aromatic rings. The summed E-state index contributed by atoms with van der Waals surface area (Å²) in [5.74, 6) is 2.10. The Hall–Kier alpha value is -0.0800. The molecule has 1 aliphatic rings. The van der Waals surface area contributed by atoms with Gasteiger partial charge >= 0.3 is 0 Å². The first-order valence-corrected chi connectivity index (χ1v) is 6.89. The van der Waals surface area contributed by atoms with Gasteiger partial charge in [0.25, 0.3) is 0 Å². The number of rotatable bonds is 6. The Morgan fingerprint density at radius 3 is 2.38 bits per heavy atom. The average molecular weight is 228 g/mol. The van der Waals surface area contributed by atoms with Crippen molar-refractivity contribution in [2.75, 3.05) is 13.2 Å². The molecule has 2 nitrogen and oxygen atoms in total. The minimum atomic E-state index is -0.106. The molecule has 1 N–H and O–H groups in total. The molecular formula is C14H28O2. The average Bonchev–Trinajstić information content (AvgIpc) is 2.22. The number of ether oxygens (including phenoxy) is 1. The molecule has 1 fully saturated rings. The van der Waals surface area contributed by atoms with Crippen LogP contribution in [0.4, 0.5) is 0 Å². The van der Waals surface area contributed by atoms with Crippen LogP contribution in [-0.4, -0.2) is 24.4 Å². The zero-order chi connectivity index (χ0) is 12.0. The molecule has 0 spiro atoms. The normalized spacial score (nSPS) is 32.6. The summed E-state index contributed by atoms with van der Waals surface area (Å²) in [4.78, 5) is 0. The number of hydrogen-bond donors (Lipinski definition) is 1. The van der Waals surface area contributed by atoms with E-state index in [1.165, 1.54) is 19.3 Å². The molecular weight excluding hydrogens is 200 g/mol. The predicted octanol–water partition coefficient (Wildman–Crippen LogP) is 3.24. The summed E-state index contributed by atoms with van der Waals surface area (Å²) >= 11 is 0. The molecule has 0 heterocycles. The lowest BCUT2D eigenvalue weighted by Gasteiger charge is -2.34. The van der Waals surface area contributed by atoms with Gasteiger partial charge in [-0.2, -0.15) is 0 Å². The zero-order valence-electron chi connectivity index (χ0n) is 11.1. The molecule has 0 aliphatic heterocycles. The Balaban J connectivity index is 2.21. The van der Waals surface area contributed by atoms with Crippen LogP contribution in [0.1, 0.15) is 52.9 Å². The fourth-order valence-electron chi connectivity index (χ4n) is 3.10. The Kier molecular flexibility index (Phi) is 6.37. The Bertz CT molecular complexity index is 172. The standard InChI is InChI=1S/C14H28O2/c1-4-16-7-5-6-14(15)13-9-11(2)8-12(3)10-13/h11-15H,4-10H2,1-3H3. The van der Waals surface area contributed by atoms with Crippen molar-refractivity contribution in [1.82, 2.24) is 0 Å². The maximum Gasteiger partial charge on any atom is 0.0569 e. The monoisotopic (exact) mass is 228 g/mol. The van der Waals surface area contributed by atoms with E-state index in [0.717, 1.165) is 37.9 Å². The minimum absolute atomic E-state index is 0.106. The first-order chi connectivity index (χ1) is 7.63. The van der Waals surface area contributed by atoms with Crippen molar-refractivity contribution >= 4 is 0 Å². The maximum absolute atomic E-state index is 10.2. The fraction of sp³-hybridized carbons (Fsp3) is 1.00. The topological polar surface area (TPSA) is 29.5 Å². The van der Waals surface area contributed by atoms with E-state index in [1.807, 2.05) is 6.92 Å². The molecule has 1 saturated carbocycles. The lowest BCUT2D eigenvalue weighted by Crippen LogP contribution is -2.29. The predicted molar refractivity (Wildman–Crippen MR) is 67.4 cm³/mol. The van der Waals surface area contributed by atoms with E-state index >= 15 is 0 Å². The third-order valence-electron chi connectivity index (χ3n) is 3.75. The van der Waals surface area contributed by atoms with Gasteiger partial charge < -0.3 is 9.84 Å². The fourth-order valence-corrected chi connectivity index (χ4v) is 3.10. The van der Waals surface area contributed by atoms with Gasteiger partial charge in [-0.1, -0.05) is 13.8 Å². The van der Waals surface area contributed by atoms with Gasteiger partial charge in [0.2, 0.25) is 0 Å². The molecule has 1 aliphatic carbocycles. The summed E-state index contributed by atoms with van der Waals surface area (Å²) in [6.07, 6.45) is 5.55.